The quantitative estimate of drug-likeness (QED) is 0.375. The molecule has 0 saturated carbocycles. The summed E-state index contributed by atoms with van der Waals surface area (Å²) in [6.07, 6.45) is 2.98. The van der Waals surface area contributed by atoms with Gasteiger partial charge in [0.2, 0.25) is 0 Å². The molecule has 3 N–H and O–H groups in total. The van der Waals surface area contributed by atoms with Gasteiger partial charge in [0.05, 0.1) is 16.5 Å². The summed E-state index contributed by atoms with van der Waals surface area (Å²) in [5.41, 5.74) is 8.23. The number of nitrogens with zero attached hydrogens (tertiary/aromatic N) is 7. The monoisotopic (exact) mass is 480 g/mol. The minimum Gasteiger partial charge on any atom is -0.383 e. The molecule has 0 amide bonds. The van der Waals surface area contributed by atoms with E-state index in [2.05, 4.69) is 31.9 Å². The first-order chi connectivity index (χ1) is 17.1. The van der Waals surface area contributed by atoms with Crippen LogP contribution in [0.5, 0.6) is 0 Å². The summed E-state index contributed by atoms with van der Waals surface area (Å²) in [6, 6.07) is 9.40. The molecule has 10 heteroatoms. The molecule has 0 aliphatic heterocycles. The number of nitrogens with two attached hydrogens (primary N) is 1. The summed E-state index contributed by atoms with van der Waals surface area (Å²) >= 11 is 0. The maximum atomic E-state index is 13.8. The Morgan fingerprint density at radius 3 is 2.58 bits per heavy atom. The summed E-state index contributed by atoms with van der Waals surface area (Å²) < 4.78 is 3.17. The Morgan fingerprint density at radius 1 is 1.06 bits per heavy atom. The van der Waals surface area contributed by atoms with Crippen LogP contribution in [0.25, 0.3) is 27.8 Å². The Balaban J connectivity index is 1.78. The molecule has 0 spiro atoms. The van der Waals surface area contributed by atoms with Gasteiger partial charge in [0, 0.05) is 6.20 Å². The zero-order chi connectivity index (χ0) is 25.6. The van der Waals surface area contributed by atoms with Crippen molar-refractivity contribution < 1.29 is 5.11 Å². The number of benzene rings is 1. The lowest BCUT2D eigenvalue weighted by molar-refractivity contribution is 0.143. The first-order valence-electron chi connectivity index (χ1n) is 11.3. The van der Waals surface area contributed by atoms with E-state index in [1.807, 2.05) is 38.1 Å². The Labute approximate surface area is 206 Å². The van der Waals surface area contributed by atoms with E-state index in [4.69, 9.17) is 10.7 Å². The zero-order valence-electron chi connectivity index (χ0n) is 20.3. The van der Waals surface area contributed by atoms with Gasteiger partial charge in [0.1, 0.15) is 35.8 Å². The van der Waals surface area contributed by atoms with E-state index < -0.39 is 5.60 Å². The van der Waals surface area contributed by atoms with Crippen LogP contribution < -0.4 is 11.3 Å². The van der Waals surface area contributed by atoms with E-state index >= 15 is 0 Å². The van der Waals surface area contributed by atoms with Crippen molar-refractivity contribution >= 4 is 27.9 Å². The predicted octanol–water partition coefficient (Wildman–Crippen LogP) is 2.29. The second kappa shape index (κ2) is 8.55. The van der Waals surface area contributed by atoms with Crippen molar-refractivity contribution in [3.63, 3.8) is 0 Å². The molecule has 4 heterocycles. The first-order valence-corrected chi connectivity index (χ1v) is 11.3. The van der Waals surface area contributed by atoms with Crippen molar-refractivity contribution in [3.8, 4) is 17.5 Å². The van der Waals surface area contributed by atoms with Gasteiger partial charge in [0.15, 0.2) is 11.3 Å². The van der Waals surface area contributed by atoms with Gasteiger partial charge in [-0.2, -0.15) is 5.10 Å². The molecule has 10 nitrogen and oxygen atoms in total. The van der Waals surface area contributed by atoms with Crippen LogP contribution in [0.15, 0.2) is 47.7 Å². The van der Waals surface area contributed by atoms with Gasteiger partial charge in [-0.1, -0.05) is 24.1 Å². The molecule has 0 aliphatic carbocycles. The molecule has 0 radical (unpaired) electrons. The molecular weight excluding hydrogens is 456 g/mol. The lowest BCUT2D eigenvalue weighted by atomic mass is 10.1. The van der Waals surface area contributed by atoms with Gasteiger partial charge in [0.25, 0.3) is 5.56 Å². The SMILES string of the molecule is Cc1ccccc1-n1c(Cn2nc(C#CC(C)(C)O)c3c(N)ncnc32)nc2nccc(C)c2c1=O. The smallest absolute Gasteiger partial charge is 0.267 e. The Hall–Kier alpha value is -4.62. The van der Waals surface area contributed by atoms with Crippen LogP contribution in [0.2, 0.25) is 0 Å². The third kappa shape index (κ3) is 4.06. The van der Waals surface area contributed by atoms with E-state index in [9.17, 15) is 9.90 Å². The Bertz CT molecular complexity index is 1770. The molecular formula is C26H24N8O2. The third-order valence-corrected chi connectivity index (χ3v) is 5.74. The minimum atomic E-state index is -1.23. The summed E-state index contributed by atoms with van der Waals surface area (Å²) in [5.74, 6) is 6.28. The molecule has 0 aliphatic rings. The van der Waals surface area contributed by atoms with Gasteiger partial charge in [-0.3, -0.25) is 9.36 Å². The molecule has 1 aromatic carbocycles. The second-order valence-corrected chi connectivity index (χ2v) is 9.05. The third-order valence-electron chi connectivity index (χ3n) is 5.74. The molecule has 4 aromatic heterocycles. The fourth-order valence-corrected chi connectivity index (χ4v) is 4.04. The van der Waals surface area contributed by atoms with Gasteiger partial charge in [-0.15, -0.1) is 0 Å². The highest BCUT2D eigenvalue weighted by Gasteiger charge is 2.20. The van der Waals surface area contributed by atoms with Crippen LogP contribution >= 0.6 is 0 Å². The predicted molar refractivity (Wildman–Crippen MR) is 137 cm³/mol. The molecule has 180 valence electrons. The average Bonchev–Trinajstić information content (AvgIpc) is 3.17. The van der Waals surface area contributed by atoms with E-state index in [0.717, 1.165) is 11.1 Å². The van der Waals surface area contributed by atoms with Crippen LogP contribution in [0, 0.1) is 25.7 Å². The topological polar surface area (TPSA) is 138 Å². The van der Waals surface area contributed by atoms with Crippen molar-refractivity contribution in [1.29, 1.82) is 0 Å². The van der Waals surface area contributed by atoms with Crippen molar-refractivity contribution in [3.05, 3.63) is 75.9 Å². The average molecular weight is 481 g/mol. The first kappa shape index (κ1) is 23.1. The molecule has 0 atom stereocenters. The number of hydrogen-bond donors (Lipinski definition) is 2. The number of nitrogen functional groups attached to an aromatic ring is 1. The van der Waals surface area contributed by atoms with Crippen LogP contribution in [-0.4, -0.2) is 45.0 Å². The maximum absolute atomic E-state index is 13.8. The van der Waals surface area contributed by atoms with E-state index in [0.29, 0.717) is 39.3 Å². The number of anilines is 1. The highest BCUT2D eigenvalue weighted by Crippen LogP contribution is 2.23. The molecule has 5 aromatic rings. The summed E-state index contributed by atoms with van der Waals surface area (Å²) in [7, 11) is 0. The minimum absolute atomic E-state index is 0.0896. The number of aryl methyl sites for hydroxylation is 2. The maximum Gasteiger partial charge on any atom is 0.267 e. The molecule has 0 unspecified atom stereocenters. The number of fused-ring (bicyclic) bond motifs is 2. The Kier molecular flexibility index (Phi) is 5.50. The van der Waals surface area contributed by atoms with Crippen molar-refractivity contribution in [1.82, 2.24) is 34.3 Å². The normalized spacial score (nSPS) is 11.6. The van der Waals surface area contributed by atoms with Gasteiger partial charge < -0.3 is 10.8 Å². The van der Waals surface area contributed by atoms with E-state index in [1.165, 1.54) is 6.33 Å². The highest BCUT2D eigenvalue weighted by molar-refractivity contribution is 5.90. The number of aliphatic hydroxyl groups is 1. The fourth-order valence-electron chi connectivity index (χ4n) is 4.04. The second-order valence-electron chi connectivity index (χ2n) is 9.05. The largest absolute Gasteiger partial charge is 0.383 e. The van der Waals surface area contributed by atoms with Crippen LogP contribution in [-0.2, 0) is 6.54 Å². The van der Waals surface area contributed by atoms with Crippen molar-refractivity contribution in [2.75, 3.05) is 5.73 Å². The lowest BCUT2D eigenvalue weighted by Crippen LogP contribution is -2.27. The van der Waals surface area contributed by atoms with Gasteiger partial charge in [-0.05, 0) is 56.9 Å². The number of pyridine rings is 1. The van der Waals surface area contributed by atoms with E-state index in [1.54, 1.807) is 35.4 Å². The fraction of sp³-hybridized carbons (Fsp3) is 0.231. The Morgan fingerprint density at radius 2 is 1.83 bits per heavy atom. The number of rotatable bonds is 3. The molecule has 0 saturated heterocycles. The van der Waals surface area contributed by atoms with E-state index in [-0.39, 0.29) is 17.9 Å². The van der Waals surface area contributed by atoms with Gasteiger partial charge in [-0.25, -0.2) is 24.6 Å². The molecule has 36 heavy (non-hydrogen) atoms. The lowest BCUT2D eigenvalue weighted by Gasteiger charge is -2.16. The number of para-hydroxylation sites is 1. The van der Waals surface area contributed by atoms with Crippen LogP contribution in [0.4, 0.5) is 5.82 Å². The zero-order valence-corrected chi connectivity index (χ0v) is 20.3. The van der Waals surface area contributed by atoms with Crippen molar-refractivity contribution in [2.24, 2.45) is 0 Å². The highest BCUT2D eigenvalue weighted by atomic mass is 16.3. The molecule has 0 bridgehead atoms. The molecule has 5 rings (SSSR count). The number of hydrogen-bond acceptors (Lipinski definition) is 8. The van der Waals surface area contributed by atoms with Gasteiger partial charge >= 0.3 is 0 Å². The van der Waals surface area contributed by atoms with Crippen LogP contribution in [0.3, 0.4) is 0 Å². The number of aromatic nitrogens is 7. The molecule has 0 fully saturated rings. The summed E-state index contributed by atoms with van der Waals surface area (Å²) in [6.45, 7) is 7.05. The van der Waals surface area contributed by atoms with Crippen molar-refractivity contribution in [2.45, 2.75) is 39.8 Å². The summed E-state index contributed by atoms with van der Waals surface area (Å²) in [5, 5.41) is 15.6. The van der Waals surface area contributed by atoms with Crippen LogP contribution in [0.1, 0.15) is 36.5 Å². The standard InChI is InChI=1S/C26H24N8O2/c1-15-7-5-6-8-18(15)34-19(31-23-20(25(34)35)16(2)10-12-28-23)13-33-24-21(22(27)29-14-30-24)17(32-33)9-11-26(3,4)36/h5-8,10,12,14,36H,13H2,1-4H3,(H2,27,29,30). The summed E-state index contributed by atoms with van der Waals surface area (Å²) in [4.78, 5) is 31.4.